The summed E-state index contributed by atoms with van der Waals surface area (Å²) in [5, 5.41) is 5.32. The molecule has 3 aromatic rings. The second-order valence-corrected chi connectivity index (χ2v) is 4.66. The molecular weight excluding hydrogens is 266 g/mol. The molecule has 0 amide bonds. The van der Waals surface area contributed by atoms with Crippen molar-refractivity contribution >= 4 is 16.9 Å². The number of hydrogen-bond donors (Lipinski definition) is 2. The largest absolute Gasteiger partial charge is 0.497 e. The Balaban J connectivity index is 2.18. The number of ether oxygens (including phenoxy) is 1. The molecule has 2 N–H and O–H groups in total. The Kier molecular flexibility index (Phi) is 3.45. The number of nitrogens with one attached hydrogen (secondary N) is 2. The molecule has 0 fully saturated rings. The first-order valence-electron chi connectivity index (χ1n) is 6.63. The van der Waals surface area contributed by atoms with Crippen LogP contribution in [0.25, 0.3) is 22.2 Å². The summed E-state index contributed by atoms with van der Waals surface area (Å²) in [5.41, 5.74) is 8.92. The summed E-state index contributed by atoms with van der Waals surface area (Å²) in [7, 11) is 5.36. The second-order valence-electron chi connectivity index (χ2n) is 4.66. The Morgan fingerprint density at radius 3 is 2.62 bits per heavy atom. The molecule has 6 heteroatoms. The molecule has 6 nitrogen and oxygen atoms in total. The second kappa shape index (κ2) is 5.41. The number of hydrogen-bond acceptors (Lipinski definition) is 5. The highest BCUT2D eigenvalue weighted by Gasteiger charge is 2.11. The maximum Gasteiger partial charge on any atom is 0.160 e. The minimum Gasteiger partial charge on any atom is -0.497 e. The van der Waals surface area contributed by atoms with Gasteiger partial charge in [0.2, 0.25) is 0 Å². The Bertz CT molecular complexity index is 764. The number of rotatable bonds is 4. The lowest BCUT2D eigenvalue weighted by molar-refractivity contribution is 0.415. The first-order chi connectivity index (χ1) is 10.2. The van der Waals surface area contributed by atoms with E-state index in [2.05, 4.69) is 20.9 Å². The van der Waals surface area contributed by atoms with E-state index in [0.29, 0.717) is 0 Å². The number of aryl methyl sites for hydroxylation is 1. The molecule has 21 heavy (non-hydrogen) atoms. The van der Waals surface area contributed by atoms with Gasteiger partial charge >= 0.3 is 0 Å². The fourth-order valence-corrected chi connectivity index (χ4v) is 2.32. The number of fused-ring (bicyclic) bond motifs is 1. The van der Waals surface area contributed by atoms with E-state index in [0.717, 1.165) is 33.7 Å². The minimum absolute atomic E-state index is 0.749. The molecule has 0 saturated heterocycles. The molecule has 3 rings (SSSR count). The van der Waals surface area contributed by atoms with Gasteiger partial charge < -0.3 is 10.2 Å². The zero-order valence-electron chi connectivity index (χ0n) is 12.2. The molecule has 1 aromatic carbocycles. The molecule has 0 radical (unpaired) electrons. The number of methoxy groups -OCH3 is 1. The van der Waals surface area contributed by atoms with Gasteiger partial charge in [0, 0.05) is 19.5 Å². The Hall–Kier alpha value is -2.60. The van der Waals surface area contributed by atoms with Gasteiger partial charge in [-0.15, -0.1) is 0 Å². The Morgan fingerprint density at radius 2 is 1.95 bits per heavy atom. The smallest absolute Gasteiger partial charge is 0.160 e. The maximum atomic E-state index is 5.21. The predicted octanol–water partition coefficient (Wildman–Crippen LogP) is 2.19. The van der Waals surface area contributed by atoms with Crippen molar-refractivity contribution in [3.05, 3.63) is 36.5 Å². The van der Waals surface area contributed by atoms with Gasteiger partial charge in [0.25, 0.3) is 0 Å². The maximum absolute atomic E-state index is 5.21. The number of nitrogens with zero attached hydrogens (tertiary/aromatic N) is 3. The molecule has 0 aliphatic heterocycles. The van der Waals surface area contributed by atoms with Crippen LogP contribution in [-0.4, -0.2) is 28.9 Å². The summed E-state index contributed by atoms with van der Waals surface area (Å²) in [6.45, 7) is 0. The van der Waals surface area contributed by atoms with Crippen LogP contribution in [0.1, 0.15) is 0 Å². The standard InChI is InChI=1S/C15H17N5O/c1-16-19-14-8-12(10-4-6-11(21-3)7-5-10)13-9-17-20(2)15(13)18-14/h4-9,16H,1-3H3,(H,18,19). The highest BCUT2D eigenvalue weighted by atomic mass is 16.5. The van der Waals surface area contributed by atoms with E-state index in [1.165, 1.54) is 0 Å². The van der Waals surface area contributed by atoms with Gasteiger partial charge in [-0.25, -0.2) is 10.4 Å². The van der Waals surface area contributed by atoms with Crippen LogP contribution in [0.5, 0.6) is 5.75 Å². The summed E-state index contributed by atoms with van der Waals surface area (Å²) in [6, 6.07) is 9.96. The van der Waals surface area contributed by atoms with Gasteiger partial charge in [0.1, 0.15) is 11.6 Å². The van der Waals surface area contributed by atoms with Gasteiger partial charge in [-0.05, 0) is 29.3 Å². The third-order valence-corrected chi connectivity index (χ3v) is 3.36. The van der Waals surface area contributed by atoms with Gasteiger partial charge in [-0.1, -0.05) is 12.1 Å². The third-order valence-electron chi connectivity index (χ3n) is 3.36. The van der Waals surface area contributed by atoms with Crippen molar-refractivity contribution in [2.45, 2.75) is 0 Å². The van der Waals surface area contributed by atoms with Crippen molar-refractivity contribution in [2.24, 2.45) is 7.05 Å². The summed E-state index contributed by atoms with van der Waals surface area (Å²) in [4.78, 5) is 4.55. The van der Waals surface area contributed by atoms with Crippen molar-refractivity contribution in [1.29, 1.82) is 0 Å². The molecule has 0 spiro atoms. The van der Waals surface area contributed by atoms with E-state index < -0.39 is 0 Å². The number of aromatic nitrogens is 3. The lowest BCUT2D eigenvalue weighted by atomic mass is 10.0. The number of pyridine rings is 1. The van der Waals surface area contributed by atoms with Crippen molar-refractivity contribution < 1.29 is 4.74 Å². The predicted molar refractivity (Wildman–Crippen MR) is 83.2 cm³/mol. The van der Waals surface area contributed by atoms with E-state index in [1.807, 2.05) is 50.6 Å². The molecular formula is C15H17N5O. The summed E-state index contributed by atoms with van der Waals surface area (Å²) in [6.07, 6.45) is 1.84. The monoisotopic (exact) mass is 283 g/mol. The molecule has 0 aliphatic carbocycles. The number of benzene rings is 1. The van der Waals surface area contributed by atoms with Crippen LogP contribution >= 0.6 is 0 Å². The average molecular weight is 283 g/mol. The van der Waals surface area contributed by atoms with Gasteiger partial charge in [-0.2, -0.15) is 5.10 Å². The summed E-state index contributed by atoms with van der Waals surface area (Å²) in [5.74, 6) is 1.59. The average Bonchev–Trinajstić information content (AvgIpc) is 2.89. The van der Waals surface area contributed by atoms with Crippen molar-refractivity contribution in [3.63, 3.8) is 0 Å². The first-order valence-corrected chi connectivity index (χ1v) is 6.63. The Morgan fingerprint density at radius 1 is 1.19 bits per heavy atom. The van der Waals surface area contributed by atoms with Crippen LogP contribution in [-0.2, 0) is 7.05 Å². The van der Waals surface area contributed by atoms with Crippen molar-refractivity contribution in [3.8, 4) is 16.9 Å². The normalized spacial score (nSPS) is 10.8. The molecule has 0 bridgehead atoms. The van der Waals surface area contributed by atoms with E-state index in [4.69, 9.17) is 4.74 Å². The zero-order valence-corrected chi connectivity index (χ0v) is 12.2. The van der Waals surface area contributed by atoms with Crippen molar-refractivity contribution in [1.82, 2.24) is 20.2 Å². The van der Waals surface area contributed by atoms with E-state index >= 15 is 0 Å². The Labute approximate surface area is 122 Å². The highest BCUT2D eigenvalue weighted by molar-refractivity contribution is 5.94. The van der Waals surface area contributed by atoms with Crippen LogP contribution in [0.15, 0.2) is 36.5 Å². The molecule has 0 aliphatic rings. The topological polar surface area (TPSA) is 64.0 Å². The number of anilines is 1. The molecule has 2 heterocycles. The minimum atomic E-state index is 0.749. The number of hydrazine groups is 1. The molecule has 108 valence electrons. The molecule has 0 atom stereocenters. The lowest BCUT2D eigenvalue weighted by Gasteiger charge is -2.09. The van der Waals surface area contributed by atoms with E-state index in [9.17, 15) is 0 Å². The van der Waals surface area contributed by atoms with Crippen LogP contribution in [0.3, 0.4) is 0 Å². The SMILES string of the molecule is CNNc1cc(-c2ccc(OC)cc2)c2cnn(C)c2n1. The van der Waals surface area contributed by atoms with Crippen molar-refractivity contribution in [2.75, 3.05) is 19.6 Å². The summed E-state index contributed by atoms with van der Waals surface area (Å²) >= 11 is 0. The third kappa shape index (κ3) is 2.41. The highest BCUT2D eigenvalue weighted by Crippen LogP contribution is 2.30. The van der Waals surface area contributed by atoms with Crippen LogP contribution in [0.4, 0.5) is 5.82 Å². The van der Waals surface area contributed by atoms with Gasteiger partial charge in [0.15, 0.2) is 5.65 Å². The van der Waals surface area contributed by atoms with Crippen LogP contribution in [0, 0.1) is 0 Å². The van der Waals surface area contributed by atoms with Crippen LogP contribution in [0.2, 0.25) is 0 Å². The first kappa shape index (κ1) is 13.4. The molecule has 0 unspecified atom stereocenters. The zero-order chi connectivity index (χ0) is 14.8. The summed E-state index contributed by atoms with van der Waals surface area (Å²) < 4.78 is 6.97. The van der Waals surface area contributed by atoms with E-state index in [1.54, 1.807) is 11.8 Å². The molecule has 2 aromatic heterocycles. The fraction of sp³-hybridized carbons (Fsp3) is 0.200. The van der Waals surface area contributed by atoms with Gasteiger partial charge in [-0.3, -0.25) is 4.68 Å². The van der Waals surface area contributed by atoms with Crippen LogP contribution < -0.4 is 15.6 Å². The fourth-order valence-electron chi connectivity index (χ4n) is 2.32. The lowest BCUT2D eigenvalue weighted by Crippen LogP contribution is -2.16. The van der Waals surface area contributed by atoms with Gasteiger partial charge in [0.05, 0.1) is 13.3 Å². The quantitative estimate of drug-likeness (QED) is 0.719. The molecule has 0 saturated carbocycles. The van der Waals surface area contributed by atoms with E-state index in [-0.39, 0.29) is 0 Å².